The number of non-ortho nitro benzene ring substituents is 1. The van der Waals surface area contributed by atoms with E-state index in [1.165, 1.54) is 35.6 Å². The van der Waals surface area contributed by atoms with Crippen molar-refractivity contribution in [3.63, 3.8) is 0 Å². The molecule has 0 bridgehead atoms. The van der Waals surface area contributed by atoms with Crippen LogP contribution in [-0.4, -0.2) is 15.8 Å². The van der Waals surface area contributed by atoms with Crippen molar-refractivity contribution in [3.05, 3.63) is 99.9 Å². The topological polar surface area (TPSA) is 94.4 Å². The van der Waals surface area contributed by atoms with E-state index >= 15 is 0 Å². The molecule has 1 N–H and O–H groups in total. The van der Waals surface area contributed by atoms with Crippen LogP contribution in [0, 0.1) is 10.1 Å². The minimum atomic E-state index is -0.509. The number of thiazole rings is 1. The third kappa shape index (κ3) is 4.50. The van der Waals surface area contributed by atoms with Gasteiger partial charge in [-0.1, -0.05) is 18.2 Å². The smallest absolute Gasteiger partial charge is 0.269 e. The van der Waals surface area contributed by atoms with E-state index in [9.17, 15) is 14.9 Å². The van der Waals surface area contributed by atoms with E-state index in [0.717, 1.165) is 17.0 Å². The molecule has 0 spiro atoms. The molecule has 4 rings (SSSR count). The third-order valence-corrected chi connectivity index (χ3v) is 4.95. The molecule has 3 aromatic carbocycles. The number of hydrogen-bond acceptors (Lipinski definition) is 6. The summed E-state index contributed by atoms with van der Waals surface area (Å²) in [5.74, 6) is 1.10. The van der Waals surface area contributed by atoms with Gasteiger partial charge < -0.3 is 4.74 Å². The number of amides is 1. The molecular weight excluding hydrogens is 402 g/mol. The molecular formula is C22H15N3O4S. The Kier molecular flexibility index (Phi) is 5.49. The van der Waals surface area contributed by atoms with Crippen molar-refractivity contribution in [1.82, 2.24) is 4.98 Å². The first-order valence-electron chi connectivity index (χ1n) is 8.93. The van der Waals surface area contributed by atoms with Gasteiger partial charge in [-0.2, -0.15) is 0 Å². The van der Waals surface area contributed by atoms with Gasteiger partial charge in [-0.25, -0.2) is 4.98 Å². The predicted molar refractivity (Wildman–Crippen MR) is 115 cm³/mol. The zero-order chi connectivity index (χ0) is 20.9. The van der Waals surface area contributed by atoms with Crippen LogP contribution >= 0.6 is 11.3 Å². The number of para-hydroxylation sites is 1. The number of nitro groups is 1. The van der Waals surface area contributed by atoms with Crippen LogP contribution < -0.4 is 10.1 Å². The van der Waals surface area contributed by atoms with Crippen LogP contribution in [0.25, 0.3) is 11.3 Å². The lowest BCUT2D eigenvalue weighted by molar-refractivity contribution is -0.384. The maximum Gasteiger partial charge on any atom is 0.269 e. The van der Waals surface area contributed by atoms with E-state index in [0.29, 0.717) is 16.4 Å². The second kappa shape index (κ2) is 8.54. The highest BCUT2D eigenvalue weighted by Gasteiger charge is 2.12. The van der Waals surface area contributed by atoms with E-state index in [4.69, 9.17) is 4.74 Å². The van der Waals surface area contributed by atoms with Gasteiger partial charge in [-0.15, -0.1) is 11.3 Å². The Labute approximate surface area is 175 Å². The average molecular weight is 417 g/mol. The first-order valence-corrected chi connectivity index (χ1v) is 9.81. The monoisotopic (exact) mass is 417 g/mol. The Morgan fingerprint density at radius 2 is 1.60 bits per heavy atom. The fourth-order valence-electron chi connectivity index (χ4n) is 2.69. The van der Waals surface area contributed by atoms with Crippen LogP contribution in [0.1, 0.15) is 10.4 Å². The van der Waals surface area contributed by atoms with Crippen LogP contribution in [0.5, 0.6) is 11.5 Å². The lowest BCUT2D eigenvalue weighted by atomic mass is 10.2. The summed E-state index contributed by atoms with van der Waals surface area (Å²) in [7, 11) is 0. The van der Waals surface area contributed by atoms with Crippen LogP contribution in [-0.2, 0) is 0 Å². The lowest BCUT2D eigenvalue weighted by Crippen LogP contribution is -2.11. The second-order valence-electron chi connectivity index (χ2n) is 6.24. The number of ether oxygens (including phenoxy) is 1. The molecule has 0 atom stereocenters. The molecule has 7 nitrogen and oxygen atoms in total. The van der Waals surface area contributed by atoms with Crippen molar-refractivity contribution in [2.75, 3.05) is 5.32 Å². The molecule has 0 unspecified atom stereocenters. The summed E-state index contributed by atoms with van der Waals surface area (Å²) < 4.78 is 5.78. The summed E-state index contributed by atoms with van der Waals surface area (Å²) in [6.45, 7) is 0. The van der Waals surface area contributed by atoms with E-state index < -0.39 is 4.92 Å². The van der Waals surface area contributed by atoms with Gasteiger partial charge >= 0.3 is 0 Å². The zero-order valence-corrected chi connectivity index (χ0v) is 16.3. The molecule has 148 valence electrons. The highest BCUT2D eigenvalue weighted by Crippen LogP contribution is 2.28. The summed E-state index contributed by atoms with van der Waals surface area (Å²) in [4.78, 5) is 27.0. The normalized spacial score (nSPS) is 10.4. The SMILES string of the molecule is O=C(Nc1nc(-c2ccc(Oc3ccccc3)cc2)cs1)c1ccc([N+](=O)[O-])cc1. The fourth-order valence-corrected chi connectivity index (χ4v) is 3.40. The van der Waals surface area contributed by atoms with Gasteiger partial charge in [0.25, 0.3) is 11.6 Å². The highest BCUT2D eigenvalue weighted by atomic mass is 32.1. The molecule has 0 aliphatic carbocycles. The predicted octanol–water partition coefficient (Wildman–Crippen LogP) is 5.76. The highest BCUT2D eigenvalue weighted by molar-refractivity contribution is 7.14. The number of rotatable bonds is 6. The Morgan fingerprint density at radius 3 is 2.27 bits per heavy atom. The summed E-state index contributed by atoms with van der Waals surface area (Å²) in [6.07, 6.45) is 0. The maximum absolute atomic E-state index is 12.3. The molecule has 8 heteroatoms. The summed E-state index contributed by atoms with van der Waals surface area (Å²) in [5, 5.41) is 15.7. The number of nitrogens with one attached hydrogen (secondary N) is 1. The summed E-state index contributed by atoms with van der Waals surface area (Å²) in [6, 6.07) is 22.4. The van der Waals surface area contributed by atoms with Gasteiger partial charge in [-0.3, -0.25) is 20.2 Å². The number of hydrogen-bond donors (Lipinski definition) is 1. The van der Waals surface area contributed by atoms with Gasteiger partial charge in [0.2, 0.25) is 0 Å². The van der Waals surface area contributed by atoms with Gasteiger partial charge in [0.1, 0.15) is 11.5 Å². The quantitative estimate of drug-likeness (QED) is 0.318. The molecule has 4 aromatic rings. The number of carbonyl (C=O) groups excluding carboxylic acids is 1. The summed E-state index contributed by atoms with van der Waals surface area (Å²) in [5.41, 5.74) is 1.87. The molecule has 0 fully saturated rings. The third-order valence-electron chi connectivity index (χ3n) is 4.19. The maximum atomic E-state index is 12.3. The van der Waals surface area contributed by atoms with Crippen LogP contribution in [0.3, 0.4) is 0 Å². The number of nitrogens with zero attached hydrogens (tertiary/aromatic N) is 2. The van der Waals surface area contributed by atoms with Crippen molar-refractivity contribution in [2.24, 2.45) is 0 Å². The van der Waals surface area contributed by atoms with Gasteiger partial charge in [-0.05, 0) is 48.5 Å². The number of anilines is 1. The van der Waals surface area contributed by atoms with Crippen LogP contribution in [0.15, 0.2) is 84.2 Å². The molecule has 1 heterocycles. The van der Waals surface area contributed by atoms with Crippen molar-refractivity contribution < 1.29 is 14.5 Å². The largest absolute Gasteiger partial charge is 0.457 e. The average Bonchev–Trinajstić information content (AvgIpc) is 3.23. The number of carbonyl (C=O) groups is 1. The number of benzene rings is 3. The number of nitro benzene ring substituents is 1. The van der Waals surface area contributed by atoms with Crippen molar-refractivity contribution in [1.29, 1.82) is 0 Å². The van der Waals surface area contributed by atoms with Crippen molar-refractivity contribution >= 4 is 28.1 Å². The van der Waals surface area contributed by atoms with Crippen molar-refractivity contribution in [3.8, 4) is 22.8 Å². The van der Waals surface area contributed by atoms with E-state index in [-0.39, 0.29) is 11.6 Å². The minimum absolute atomic E-state index is 0.0669. The van der Waals surface area contributed by atoms with Gasteiger partial charge in [0.15, 0.2) is 5.13 Å². The second-order valence-corrected chi connectivity index (χ2v) is 7.09. The molecule has 0 saturated carbocycles. The molecule has 0 aliphatic rings. The summed E-state index contributed by atoms with van der Waals surface area (Å²) >= 11 is 1.30. The Balaban J connectivity index is 1.42. The first kappa shape index (κ1) is 19.3. The minimum Gasteiger partial charge on any atom is -0.457 e. The Morgan fingerprint density at radius 1 is 0.933 bits per heavy atom. The molecule has 0 aliphatic heterocycles. The number of aromatic nitrogens is 1. The van der Waals surface area contributed by atoms with E-state index in [1.54, 1.807) is 0 Å². The lowest BCUT2D eigenvalue weighted by Gasteiger charge is -2.05. The molecule has 1 aromatic heterocycles. The molecule has 0 saturated heterocycles. The molecule has 0 radical (unpaired) electrons. The Bertz CT molecular complexity index is 1170. The fraction of sp³-hybridized carbons (Fsp3) is 0. The zero-order valence-electron chi connectivity index (χ0n) is 15.5. The Hall–Kier alpha value is -4.04. The van der Waals surface area contributed by atoms with Crippen LogP contribution in [0.4, 0.5) is 10.8 Å². The first-order chi connectivity index (χ1) is 14.6. The van der Waals surface area contributed by atoms with E-state index in [1.807, 2.05) is 60.0 Å². The van der Waals surface area contributed by atoms with Gasteiger partial charge in [0, 0.05) is 28.6 Å². The molecule has 30 heavy (non-hydrogen) atoms. The van der Waals surface area contributed by atoms with Gasteiger partial charge in [0.05, 0.1) is 10.6 Å². The van der Waals surface area contributed by atoms with Crippen LogP contribution in [0.2, 0.25) is 0 Å². The standard InChI is InChI=1S/C22H15N3O4S/c26-21(16-6-10-17(11-7-16)25(27)28)24-22-23-20(14-30-22)15-8-12-19(13-9-15)29-18-4-2-1-3-5-18/h1-14H,(H,23,24,26). The molecule has 1 amide bonds. The van der Waals surface area contributed by atoms with Crippen molar-refractivity contribution in [2.45, 2.75) is 0 Å². The van der Waals surface area contributed by atoms with E-state index in [2.05, 4.69) is 10.3 Å².